The number of rotatable bonds is 5. The predicted molar refractivity (Wildman–Crippen MR) is 83.8 cm³/mol. The average Bonchev–Trinajstić information content (AvgIpc) is 2.45. The predicted octanol–water partition coefficient (Wildman–Crippen LogP) is 1.18. The van der Waals surface area contributed by atoms with Crippen molar-refractivity contribution in [2.75, 3.05) is 31.6 Å². The van der Waals surface area contributed by atoms with E-state index in [-0.39, 0.29) is 11.1 Å². The van der Waals surface area contributed by atoms with Crippen LogP contribution in [0.25, 0.3) is 0 Å². The maximum absolute atomic E-state index is 12.3. The minimum atomic E-state index is -0.248. The third-order valence-electron chi connectivity index (χ3n) is 3.60. The van der Waals surface area contributed by atoms with Gasteiger partial charge in [-0.1, -0.05) is 0 Å². The maximum atomic E-state index is 12.3. The van der Waals surface area contributed by atoms with Gasteiger partial charge in [-0.15, -0.1) is 0 Å². The van der Waals surface area contributed by atoms with Gasteiger partial charge in [-0.2, -0.15) is 0 Å². The zero-order valence-electron chi connectivity index (χ0n) is 13.2. The first kappa shape index (κ1) is 16.0. The molecule has 21 heavy (non-hydrogen) atoms. The zero-order valence-corrected chi connectivity index (χ0v) is 13.2. The van der Waals surface area contributed by atoms with E-state index in [0.717, 1.165) is 25.9 Å². The van der Waals surface area contributed by atoms with Crippen LogP contribution in [-0.2, 0) is 10.3 Å². The largest absolute Gasteiger partial charge is 0.376 e. The third-order valence-corrected chi connectivity index (χ3v) is 3.60. The summed E-state index contributed by atoms with van der Waals surface area (Å²) in [4.78, 5) is 16.4. The van der Waals surface area contributed by atoms with Crippen LogP contribution < -0.4 is 16.2 Å². The second-order valence-corrected chi connectivity index (χ2v) is 6.37. The summed E-state index contributed by atoms with van der Waals surface area (Å²) in [6.45, 7) is 9.23. The van der Waals surface area contributed by atoms with Crippen LogP contribution in [0.5, 0.6) is 0 Å². The molecule has 1 aromatic rings. The molecule has 0 radical (unpaired) electrons. The van der Waals surface area contributed by atoms with Gasteiger partial charge in [0.1, 0.15) is 0 Å². The van der Waals surface area contributed by atoms with Crippen LogP contribution in [0.4, 0.5) is 5.82 Å². The molecule has 2 N–H and O–H groups in total. The number of hydrogen-bond donors (Lipinski definition) is 2. The molecule has 6 nitrogen and oxygen atoms in total. The van der Waals surface area contributed by atoms with Gasteiger partial charge in [-0.3, -0.25) is 4.79 Å². The fraction of sp³-hybridized carbons (Fsp3) is 0.733. The Morgan fingerprint density at radius 3 is 2.81 bits per heavy atom. The number of anilines is 1. The van der Waals surface area contributed by atoms with Gasteiger partial charge in [0.05, 0.1) is 12.7 Å². The highest BCUT2D eigenvalue weighted by Crippen LogP contribution is 2.11. The topological polar surface area (TPSA) is 68.2 Å². The molecule has 0 aliphatic carbocycles. The number of ether oxygens (including phenoxy) is 1. The van der Waals surface area contributed by atoms with E-state index < -0.39 is 0 Å². The van der Waals surface area contributed by atoms with Gasteiger partial charge >= 0.3 is 0 Å². The smallest absolute Gasteiger partial charge is 0.293 e. The van der Waals surface area contributed by atoms with Crippen molar-refractivity contribution in [1.29, 1.82) is 0 Å². The van der Waals surface area contributed by atoms with Crippen LogP contribution >= 0.6 is 0 Å². The van der Waals surface area contributed by atoms with E-state index in [1.165, 1.54) is 0 Å². The van der Waals surface area contributed by atoms with Gasteiger partial charge in [0, 0.05) is 24.5 Å². The zero-order chi connectivity index (χ0) is 15.3. The Labute approximate surface area is 125 Å². The third kappa shape index (κ3) is 4.54. The monoisotopic (exact) mass is 294 g/mol. The van der Waals surface area contributed by atoms with Gasteiger partial charge in [-0.05, 0) is 46.7 Å². The van der Waals surface area contributed by atoms with Crippen molar-refractivity contribution in [2.24, 2.45) is 0 Å². The fourth-order valence-electron chi connectivity index (χ4n) is 2.42. The lowest BCUT2D eigenvalue weighted by Gasteiger charge is -2.23. The van der Waals surface area contributed by atoms with E-state index in [0.29, 0.717) is 25.1 Å². The molecular formula is C15H26N4O2. The molecule has 1 fully saturated rings. The fourth-order valence-corrected chi connectivity index (χ4v) is 2.42. The van der Waals surface area contributed by atoms with Crippen LogP contribution in [0, 0.1) is 0 Å². The lowest BCUT2D eigenvalue weighted by atomic mass is 10.1. The molecule has 1 aromatic heterocycles. The van der Waals surface area contributed by atoms with Gasteiger partial charge < -0.3 is 19.9 Å². The van der Waals surface area contributed by atoms with Crippen LogP contribution in [0.1, 0.15) is 33.6 Å². The SMILES string of the molecule is CC(C)(C)n1ccnc(NCCOC2CCNCC2)c1=O. The van der Waals surface area contributed by atoms with Crippen molar-refractivity contribution in [2.45, 2.75) is 45.3 Å². The van der Waals surface area contributed by atoms with Crippen molar-refractivity contribution < 1.29 is 4.74 Å². The molecule has 1 saturated heterocycles. The number of aromatic nitrogens is 2. The molecule has 118 valence electrons. The van der Waals surface area contributed by atoms with Crippen LogP contribution in [0.15, 0.2) is 17.2 Å². The normalized spacial score (nSPS) is 16.9. The van der Waals surface area contributed by atoms with Crippen molar-refractivity contribution in [3.63, 3.8) is 0 Å². The molecule has 0 atom stereocenters. The molecular weight excluding hydrogens is 268 g/mol. The molecule has 0 amide bonds. The quantitative estimate of drug-likeness (QED) is 0.798. The number of hydrogen-bond acceptors (Lipinski definition) is 5. The Bertz CT molecular complexity index is 501. The highest BCUT2D eigenvalue weighted by atomic mass is 16.5. The average molecular weight is 294 g/mol. The Hall–Kier alpha value is -1.40. The van der Waals surface area contributed by atoms with Crippen LogP contribution in [0.2, 0.25) is 0 Å². The molecule has 0 spiro atoms. The van der Waals surface area contributed by atoms with Gasteiger partial charge in [0.2, 0.25) is 0 Å². The Morgan fingerprint density at radius 2 is 2.14 bits per heavy atom. The van der Waals surface area contributed by atoms with Gasteiger partial charge in [-0.25, -0.2) is 4.98 Å². The summed E-state index contributed by atoms with van der Waals surface area (Å²) in [6, 6.07) is 0. The molecule has 2 heterocycles. The first-order valence-electron chi connectivity index (χ1n) is 7.63. The highest BCUT2D eigenvalue weighted by molar-refractivity contribution is 5.30. The van der Waals surface area contributed by atoms with E-state index in [2.05, 4.69) is 15.6 Å². The number of nitrogens with one attached hydrogen (secondary N) is 2. The summed E-state index contributed by atoms with van der Waals surface area (Å²) >= 11 is 0. The van der Waals surface area contributed by atoms with Crippen LogP contribution in [0.3, 0.4) is 0 Å². The van der Waals surface area contributed by atoms with Crippen LogP contribution in [-0.4, -0.2) is 41.9 Å². The minimum absolute atomic E-state index is 0.0909. The molecule has 1 aliphatic heterocycles. The lowest BCUT2D eigenvalue weighted by Crippen LogP contribution is -2.36. The standard InChI is InChI=1S/C15H26N4O2/c1-15(2,3)19-10-8-17-13(14(19)20)18-9-11-21-12-4-6-16-7-5-12/h8,10,12,16H,4-7,9,11H2,1-3H3,(H,17,18). The van der Waals surface area contributed by atoms with E-state index in [9.17, 15) is 4.79 Å². The second-order valence-electron chi connectivity index (χ2n) is 6.37. The van der Waals surface area contributed by atoms with Crippen molar-refractivity contribution in [3.8, 4) is 0 Å². The minimum Gasteiger partial charge on any atom is -0.376 e. The molecule has 0 bridgehead atoms. The van der Waals surface area contributed by atoms with E-state index in [4.69, 9.17) is 4.74 Å². The maximum Gasteiger partial charge on any atom is 0.293 e. The van der Waals surface area contributed by atoms with Crippen molar-refractivity contribution in [3.05, 3.63) is 22.7 Å². The van der Waals surface area contributed by atoms with Crippen molar-refractivity contribution in [1.82, 2.24) is 14.9 Å². The van der Waals surface area contributed by atoms with Gasteiger partial charge in [0.15, 0.2) is 5.82 Å². The molecule has 2 rings (SSSR count). The van der Waals surface area contributed by atoms with Gasteiger partial charge in [0.25, 0.3) is 5.56 Å². The Kier molecular flexibility index (Phi) is 5.36. The summed E-state index contributed by atoms with van der Waals surface area (Å²) in [7, 11) is 0. The molecule has 0 aromatic carbocycles. The summed E-state index contributed by atoms with van der Waals surface area (Å²) < 4.78 is 7.49. The molecule has 0 saturated carbocycles. The molecule has 6 heteroatoms. The summed E-state index contributed by atoms with van der Waals surface area (Å²) in [5.41, 5.74) is -0.339. The first-order valence-corrected chi connectivity index (χ1v) is 7.63. The van der Waals surface area contributed by atoms with Crippen molar-refractivity contribution >= 4 is 5.82 Å². The second kappa shape index (κ2) is 7.04. The Morgan fingerprint density at radius 1 is 1.43 bits per heavy atom. The highest BCUT2D eigenvalue weighted by Gasteiger charge is 2.16. The van der Waals surface area contributed by atoms with E-state index >= 15 is 0 Å². The van der Waals surface area contributed by atoms with E-state index in [1.807, 2.05) is 20.8 Å². The molecule has 1 aliphatic rings. The Balaban J connectivity index is 1.84. The molecule has 0 unspecified atom stereocenters. The summed E-state index contributed by atoms with van der Waals surface area (Å²) in [6.07, 6.45) is 5.82. The van der Waals surface area contributed by atoms with E-state index in [1.54, 1.807) is 17.0 Å². The first-order chi connectivity index (χ1) is 9.98. The lowest BCUT2D eigenvalue weighted by molar-refractivity contribution is 0.0394. The number of nitrogens with zero attached hydrogens (tertiary/aromatic N) is 2. The summed E-state index contributed by atoms with van der Waals surface area (Å²) in [5.74, 6) is 0.390. The summed E-state index contributed by atoms with van der Waals surface area (Å²) in [5, 5.41) is 6.39. The number of piperidine rings is 1.